The van der Waals surface area contributed by atoms with Crippen LogP contribution in [-0.4, -0.2) is 40.4 Å². The molecular formula is C23H24N6O2S. The van der Waals surface area contributed by atoms with E-state index in [4.69, 9.17) is 4.74 Å². The number of para-hydroxylation sites is 1. The standard InChI is InChI=1S/C23H24N6O2S/c1-17-7-2-3-9-20(17)31-14-13-28-12-6-8-19(28)15-18(16-24)21(30)25-22-26-27-23(32-22)29-10-4-5-11-29/h2-3,6-9,12,15H,4-5,10-11,13-14H2,1H3,(H,25,26,30)/b18-15-. The van der Waals surface area contributed by atoms with E-state index in [1.807, 2.05) is 60.2 Å². The van der Waals surface area contributed by atoms with Crippen LogP contribution in [0.2, 0.25) is 0 Å². The van der Waals surface area contributed by atoms with Crippen LogP contribution in [0.1, 0.15) is 24.1 Å². The maximum atomic E-state index is 12.6. The number of aryl methyl sites for hydroxylation is 1. The van der Waals surface area contributed by atoms with Crippen molar-refractivity contribution in [2.45, 2.75) is 26.3 Å². The molecule has 1 saturated heterocycles. The van der Waals surface area contributed by atoms with E-state index in [-0.39, 0.29) is 5.57 Å². The van der Waals surface area contributed by atoms with E-state index in [0.29, 0.717) is 18.3 Å². The first-order valence-electron chi connectivity index (χ1n) is 10.5. The number of hydrogen-bond acceptors (Lipinski definition) is 7. The third-order valence-electron chi connectivity index (χ3n) is 5.22. The van der Waals surface area contributed by atoms with E-state index in [0.717, 1.165) is 48.1 Å². The fourth-order valence-corrected chi connectivity index (χ4v) is 4.29. The number of benzene rings is 1. The van der Waals surface area contributed by atoms with Crippen molar-refractivity contribution in [3.8, 4) is 11.8 Å². The average Bonchev–Trinajstić information content (AvgIpc) is 3.55. The Bertz CT molecular complexity index is 1150. The van der Waals surface area contributed by atoms with Gasteiger partial charge in [0.2, 0.25) is 10.3 Å². The largest absolute Gasteiger partial charge is 0.491 e. The molecule has 3 aromatic rings. The summed E-state index contributed by atoms with van der Waals surface area (Å²) < 4.78 is 7.81. The van der Waals surface area contributed by atoms with Gasteiger partial charge in [0.15, 0.2) is 0 Å². The minimum atomic E-state index is -0.500. The van der Waals surface area contributed by atoms with Gasteiger partial charge in [0, 0.05) is 25.0 Å². The molecule has 1 aromatic carbocycles. The van der Waals surface area contributed by atoms with Crippen LogP contribution in [0.4, 0.5) is 10.3 Å². The predicted octanol–water partition coefficient (Wildman–Crippen LogP) is 3.87. The number of aromatic nitrogens is 3. The number of nitrogens with one attached hydrogen (secondary N) is 1. The number of nitriles is 1. The van der Waals surface area contributed by atoms with E-state index >= 15 is 0 Å². The van der Waals surface area contributed by atoms with Crippen molar-refractivity contribution in [1.29, 1.82) is 5.26 Å². The van der Waals surface area contributed by atoms with Crippen LogP contribution >= 0.6 is 11.3 Å². The summed E-state index contributed by atoms with van der Waals surface area (Å²) in [6, 6.07) is 13.6. The molecule has 1 fully saturated rings. The van der Waals surface area contributed by atoms with Crippen molar-refractivity contribution in [2.24, 2.45) is 0 Å². The topological polar surface area (TPSA) is 96.1 Å². The van der Waals surface area contributed by atoms with Gasteiger partial charge in [0.25, 0.3) is 5.91 Å². The number of anilines is 2. The predicted molar refractivity (Wildman–Crippen MR) is 125 cm³/mol. The minimum Gasteiger partial charge on any atom is -0.491 e. The van der Waals surface area contributed by atoms with E-state index in [1.165, 1.54) is 11.3 Å². The van der Waals surface area contributed by atoms with Crippen LogP contribution in [0.3, 0.4) is 0 Å². The molecule has 0 spiro atoms. The van der Waals surface area contributed by atoms with Gasteiger partial charge in [0.05, 0.1) is 6.54 Å². The summed E-state index contributed by atoms with van der Waals surface area (Å²) in [5.74, 6) is 0.347. The lowest BCUT2D eigenvalue weighted by molar-refractivity contribution is -0.112. The van der Waals surface area contributed by atoms with Gasteiger partial charge in [-0.15, -0.1) is 10.2 Å². The Kier molecular flexibility index (Phi) is 6.82. The van der Waals surface area contributed by atoms with Gasteiger partial charge in [-0.05, 0) is 49.6 Å². The first-order chi connectivity index (χ1) is 15.6. The Morgan fingerprint density at radius 1 is 1.25 bits per heavy atom. The summed E-state index contributed by atoms with van der Waals surface area (Å²) in [5.41, 5.74) is 1.83. The summed E-state index contributed by atoms with van der Waals surface area (Å²) in [6.07, 6.45) is 5.75. The third kappa shape index (κ3) is 5.15. The summed E-state index contributed by atoms with van der Waals surface area (Å²) in [6.45, 7) is 4.97. The minimum absolute atomic E-state index is 0.00250. The lowest BCUT2D eigenvalue weighted by Gasteiger charge is -2.11. The molecule has 2 aromatic heterocycles. The summed E-state index contributed by atoms with van der Waals surface area (Å²) >= 11 is 1.32. The highest BCUT2D eigenvalue weighted by Gasteiger charge is 2.18. The molecule has 4 rings (SSSR count). The summed E-state index contributed by atoms with van der Waals surface area (Å²) in [5, 5.41) is 21.6. The molecule has 1 amide bonds. The van der Waals surface area contributed by atoms with Crippen molar-refractivity contribution in [2.75, 3.05) is 29.9 Å². The van der Waals surface area contributed by atoms with Gasteiger partial charge >= 0.3 is 0 Å². The van der Waals surface area contributed by atoms with E-state index < -0.39 is 5.91 Å². The fourth-order valence-electron chi connectivity index (χ4n) is 3.50. The van der Waals surface area contributed by atoms with Crippen LogP contribution in [0, 0.1) is 18.3 Å². The lowest BCUT2D eigenvalue weighted by atomic mass is 10.2. The quantitative estimate of drug-likeness (QED) is 0.415. The molecule has 0 atom stereocenters. The van der Waals surface area contributed by atoms with Crippen molar-refractivity contribution < 1.29 is 9.53 Å². The molecule has 3 heterocycles. The van der Waals surface area contributed by atoms with Crippen molar-refractivity contribution in [3.63, 3.8) is 0 Å². The Labute approximate surface area is 190 Å². The zero-order valence-electron chi connectivity index (χ0n) is 17.8. The Morgan fingerprint density at radius 3 is 2.84 bits per heavy atom. The monoisotopic (exact) mass is 448 g/mol. The molecule has 164 valence electrons. The number of hydrogen-bond donors (Lipinski definition) is 1. The SMILES string of the molecule is Cc1ccccc1OCCn1cccc1/C=C(/C#N)C(=O)Nc1nnc(N2CCCC2)s1. The van der Waals surface area contributed by atoms with E-state index in [2.05, 4.69) is 20.4 Å². The molecule has 9 heteroatoms. The number of rotatable bonds is 8. The third-order valence-corrected chi connectivity index (χ3v) is 6.12. The maximum absolute atomic E-state index is 12.6. The summed E-state index contributed by atoms with van der Waals surface area (Å²) in [4.78, 5) is 14.8. The normalized spacial score (nSPS) is 13.8. The van der Waals surface area contributed by atoms with Crippen molar-refractivity contribution in [1.82, 2.24) is 14.8 Å². The highest BCUT2D eigenvalue weighted by atomic mass is 32.1. The van der Waals surface area contributed by atoms with Gasteiger partial charge in [-0.3, -0.25) is 10.1 Å². The zero-order valence-corrected chi connectivity index (χ0v) is 18.6. The molecule has 0 radical (unpaired) electrons. The first-order valence-corrected chi connectivity index (χ1v) is 11.3. The first kappa shape index (κ1) is 21.6. The molecule has 8 nitrogen and oxygen atoms in total. The highest BCUT2D eigenvalue weighted by molar-refractivity contribution is 7.19. The zero-order chi connectivity index (χ0) is 22.3. The van der Waals surface area contributed by atoms with Crippen LogP contribution in [0.15, 0.2) is 48.2 Å². The molecule has 0 saturated carbocycles. The molecule has 0 bridgehead atoms. The number of carbonyl (C=O) groups excluding carboxylic acids is 1. The Morgan fingerprint density at radius 2 is 2.06 bits per heavy atom. The fraction of sp³-hybridized carbons (Fsp3) is 0.304. The maximum Gasteiger partial charge on any atom is 0.268 e. The molecule has 1 aliphatic rings. The second kappa shape index (κ2) is 10.1. The van der Waals surface area contributed by atoms with Gasteiger partial charge in [-0.2, -0.15) is 5.26 Å². The molecular weight excluding hydrogens is 424 g/mol. The Balaban J connectivity index is 1.39. The van der Waals surface area contributed by atoms with Gasteiger partial charge in [-0.1, -0.05) is 29.5 Å². The van der Waals surface area contributed by atoms with Crippen LogP contribution < -0.4 is 15.0 Å². The van der Waals surface area contributed by atoms with E-state index in [9.17, 15) is 10.1 Å². The summed E-state index contributed by atoms with van der Waals surface area (Å²) in [7, 11) is 0. The lowest BCUT2D eigenvalue weighted by Crippen LogP contribution is -2.17. The Hall–Kier alpha value is -3.64. The highest BCUT2D eigenvalue weighted by Crippen LogP contribution is 2.27. The molecule has 0 aliphatic carbocycles. The van der Waals surface area contributed by atoms with Crippen LogP contribution in [-0.2, 0) is 11.3 Å². The average molecular weight is 449 g/mol. The van der Waals surface area contributed by atoms with Crippen molar-refractivity contribution >= 4 is 33.6 Å². The van der Waals surface area contributed by atoms with Gasteiger partial charge in [-0.25, -0.2) is 0 Å². The van der Waals surface area contributed by atoms with Gasteiger partial charge in [0.1, 0.15) is 24.0 Å². The number of ether oxygens (including phenoxy) is 1. The molecule has 32 heavy (non-hydrogen) atoms. The molecule has 0 unspecified atom stereocenters. The van der Waals surface area contributed by atoms with Crippen LogP contribution in [0.25, 0.3) is 6.08 Å². The second-order valence-corrected chi connectivity index (χ2v) is 8.40. The molecule has 1 N–H and O–H groups in total. The van der Waals surface area contributed by atoms with Crippen LogP contribution in [0.5, 0.6) is 5.75 Å². The van der Waals surface area contributed by atoms with Crippen molar-refractivity contribution in [3.05, 3.63) is 59.4 Å². The molecule has 1 aliphatic heterocycles. The van der Waals surface area contributed by atoms with E-state index in [1.54, 1.807) is 6.08 Å². The second-order valence-electron chi connectivity index (χ2n) is 7.45. The number of carbonyl (C=O) groups is 1. The smallest absolute Gasteiger partial charge is 0.268 e. The number of amides is 1. The number of nitrogens with zero attached hydrogens (tertiary/aromatic N) is 5. The van der Waals surface area contributed by atoms with Gasteiger partial charge < -0.3 is 14.2 Å².